The highest BCUT2D eigenvalue weighted by molar-refractivity contribution is 5.76. The second-order valence-electron chi connectivity index (χ2n) is 8.92. The summed E-state index contributed by atoms with van der Waals surface area (Å²) >= 11 is 0. The maximum Gasteiger partial charge on any atom is 0.323 e. The number of esters is 1. The zero-order valence-electron chi connectivity index (χ0n) is 18.3. The van der Waals surface area contributed by atoms with E-state index in [9.17, 15) is 9.90 Å². The molecule has 0 amide bonds. The first-order valence-electron chi connectivity index (χ1n) is 11.4. The van der Waals surface area contributed by atoms with Gasteiger partial charge in [-0.15, -0.1) is 0 Å². The zero-order chi connectivity index (χ0) is 21.6. The highest BCUT2D eigenvalue weighted by Crippen LogP contribution is 2.37. The molecular weight excluding hydrogens is 390 g/mol. The number of nitrogens with zero attached hydrogens (tertiary/aromatic N) is 1. The number of aliphatic hydroxyl groups is 1. The lowest BCUT2D eigenvalue weighted by atomic mass is 9.80. The molecule has 0 radical (unpaired) electrons. The molecule has 31 heavy (non-hydrogen) atoms. The molecule has 1 saturated carbocycles. The Morgan fingerprint density at radius 1 is 1.10 bits per heavy atom. The topological polar surface area (TPSA) is 59.0 Å². The molecule has 0 bridgehead atoms. The molecule has 0 aromatic heterocycles. The summed E-state index contributed by atoms with van der Waals surface area (Å²) < 4.78 is 11.0. The summed E-state index contributed by atoms with van der Waals surface area (Å²) in [6.45, 7) is 1.91. The number of rotatable bonds is 9. The maximum atomic E-state index is 13.2. The van der Waals surface area contributed by atoms with Crippen molar-refractivity contribution in [1.29, 1.82) is 0 Å². The van der Waals surface area contributed by atoms with Crippen LogP contribution in [0.25, 0.3) is 0 Å². The van der Waals surface area contributed by atoms with Gasteiger partial charge in [0.15, 0.2) is 0 Å². The van der Waals surface area contributed by atoms with Crippen molar-refractivity contribution in [3.63, 3.8) is 0 Å². The quantitative estimate of drug-likeness (QED) is 0.618. The Bertz CT molecular complexity index is 834. The van der Waals surface area contributed by atoms with Crippen molar-refractivity contribution in [3.8, 4) is 5.75 Å². The van der Waals surface area contributed by atoms with Crippen molar-refractivity contribution in [3.05, 3.63) is 65.7 Å². The van der Waals surface area contributed by atoms with E-state index in [4.69, 9.17) is 9.47 Å². The number of methoxy groups -OCH3 is 1. The number of carbonyl (C=O) groups excluding carboxylic acids is 1. The third-order valence-electron chi connectivity index (χ3n) is 6.97. The van der Waals surface area contributed by atoms with E-state index >= 15 is 0 Å². The number of ether oxygens (including phenoxy) is 2. The summed E-state index contributed by atoms with van der Waals surface area (Å²) in [7, 11) is 1.64. The highest BCUT2D eigenvalue weighted by Gasteiger charge is 2.41. The molecule has 1 N–H and O–H groups in total. The lowest BCUT2D eigenvalue weighted by Crippen LogP contribution is -2.43. The monoisotopic (exact) mass is 423 g/mol. The molecule has 5 nitrogen and oxygen atoms in total. The van der Waals surface area contributed by atoms with Crippen LogP contribution < -0.4 is 4.74 Å². The smallest absolute Gasteiger partial charge is 0.323 e. The van der Waals surface area contributed by atoms with E-state index in [0.29, 0.717) is 5.92 Å². The largest absolute Gasteiger partial charge is 0.497 e. The van der Waals surface area contributed by atoms with Gasteiger partial charge in [0.25, 0.3) is 0 Å². The summed E-state index contributed by atoms with van der Waals surface area (Å²) in [5, 5.41) is 10.0. The van der Waals surface area contributed by atoms with E-state index in [2.05, 4.69) is 17.0 Å². The summed E-state index contributed by atoms with van der Waals surface area (Å²) in [5.74, 6) is 1.62. The number of hydrogen-bond acceptors (Lipinski definition) is 5. The molecule has 0 spiro atoms. The van der Waals surface area contributed by atoms with Crippen molar-refractivity contribution in [2.45, 2.75) is 44.2 Å². The van der Waals surface area contributed by atoms with E-state index in [1.165, 1.54) is 24.8 Å². The molecule has 1 aliphatic heterocycles. The van der Waals surface area contributed by atoms with Crippen LogP contribution in [0.1, 0.15) is 42.7 Å². The second-order valence-corrected chi connectivity index (χ2v) is 8.92. The lowest BCUT2D eigenvalue weighted by Gasteiger charge is -2.33. The molecule has 0 unspecified atom stereocenters. The van der Waals surface area contributed by atoms with Crippen molar-refractivity contribution >= 4 is 5.97 Å². The molecule has 2 fully saturated rings. The highest BCUT2D eigenvalue weighted by atomic mass is 16.5. The average Bonchev–Trinajstić information content (AvgIpc) is 3.22. The maximum absolute atomic E-state index is 13.2. The van der Waals surface area contributed by atoms with Crippen molar-refractivity contribution < 1.29 is 19.4 Å². The molecule has 2 aromatic rings. The first-order valence-corrected chi connectivity index (χ1v) is 11.4. The van der Waals surface area contributed by atoms with E-state index in [-0.39, 0.29) is 37.1 Å². The first kappa shape index (κ1) is 21.8. The molecule has 5 heteroatoms. The number of aliphatic hydroxyl groups excluding tert-OH is 1. The second kappa shape index (κ2) is 10.3. The standard InChI is InChI=1S/C26H33NO4/c1-30-23-12-10-20(11-13-23)18-31-26(29)25(14-19-6-5-7-19)27-15-22(17-28)24(16-27)21-8-3-2-4-9-21/h2-4,8-13,19,22,24-25,28H,5-7,14-18H2,1H3/t22-,24-,25+/m1/s1. The summed E-state index contributed by atoms with van der Waals surface area (Å²) in [6.07, 6.45) is 4.49. The number of benzene rings is 2. The van der Waals surface area contributed by atoms with Gasteiger partial charge in [-0.1, -0.05) is 61.7 Å². The fourth-order valence-corrected chi connectivity index (χ4v) is 4.83. The molecule has 2 aromatic carbocycles. The predicted molar refractivity (Wildman–Crippen MR) is 120 cm³/mol. The Kier molecular flexibility index (Phi) is 7.25. The third-order valence-corrected chi connectivity index (χ3v) is 6.97. The molecule has 4 rings (SSSR count). The van der Waals surface area contributed by atoms with Gasteiger partial charge >= 0.3 is 5.97 Å². The lowest BCUT2D eigenvalue weighted by molar-refractivity contribution is -0.152. The Labute approximate surface area is 185 Å². The van der Waals surface area contributed by atoms with Crippen LogP contribution in [0.3, 0.4) is 0 Å². The van der Waals surface area contributed by atoms with E-state index in [1.807, 2.05) is 42.5 Å². The van der Waals surface area contributed by atoms with Crippen LogP contribution in [-0.2, 0) is 16.1 Å². The minimum Gasteiger partial charge on any atom is -0.497 e. The Morgan fingerprint density at radius 3 is 2.45 bits per heavy atom. The SMILES string of the molecule is COc1ccc(COC(=O)[C@H](CC2CCC2)N2C[C@H](CO)[C@@H](c3ccccc3)C2)cc1. The fourth-order valence-electron chi connectivity index (χ4n) is 4.83. The van der Waals surface area contributed by atoms with Gasteiger partial charge < -0.3 is 14.6 Å². The van der Waals surface area contributed by atoms with E-state index in [0.717, 1.165) is 30.8 Å². The normalized spacial score (nSPS) is 22.6. The van der Waals surface area contributed by atoms with Gasteiger partial charge in [0.1, 0.15) is 18.4 Å². The molecule has 1 saturated heterocycles. The molecule has 3 atom stereocenters. The molecule has 1 heterocycles. The minimum absolute atomic E-state index is 0.132. The van der Waals surface area contributed by atoms with Gasteiger partial charge in [-0.3, -0.25) is 9.69 Å². The van der Waals surface area contributed by atoms with Crippen LogP contribution in [0, 0.1) is 11.8 Å². The third kappa shape index (κ3) is 5.28. The van der Waals surface area contributed by atoms with E-state index < -0.39 is 0 Å². The van der Waals surface area contributed by atoms with E-state index in [1.54, 1.807) is 7.11 Å². The first-order chi connectivity index (χ1) is 15.2. The van der Waals surface area contributed by atoms with Gasteiger partial charge in [-0.25, -0.2) is 0 Å². The van der Waals surface area contributed by atoms with Crippen LogP contribution in [0.15, 0.2) is 54.6 Å². The Hall–Kier alpha value is -2.37. The molecule has 166 valence electrons. The van der Waals surface area contributed by atoms with Gasteiger partial charge in [0.05, 0.1) is 7.11 Å². The van der Waals surface area contributed by atoms with Crippen LogP contribution in [0.2, 0.25) is 0 Å². The average molecular weight is 424 g/mol. The number of carbonyl (C=O) groups is 1. The van der Waals surface area contributed by atoms with Crippen molar-refractivity contribution in [2.24, 2.45) is 11.8 Å². The van der Waals surface area contributed by atoms with Crippen LogP contribution >= 0.6 is 0 Å². The molecule has 2 aliphatic rings. The Balaban J connectivity index is 1.44. The summed E-state index contributed by atoms with van der Waals surface area (Å²) in [5.41, 5.74) is 2.19. The van der Waals surface area contributed by atoms with Gasteiger partial charge in [-0.05, 0) is 35.6 Å². The molecule has 1 aliphatic carbocycles. The van der Waals surface area contributed by atoms with Gasteiger partial charge in [-0.2, -0.15) is 0 Å². The van der Waals surface area contributed by atoms with Crippen LogP contribution in [0.4, 0.5) is 0 Å². The predicted octanol–water partition coefficient (Wildman–Crippen LogP) is 4.01. The fraction of sp³-hybridized carbons (Fsp3) is 0.500. The molecular formula is C26H33NO4. The van der Waals surface area contributed by atoms with Gasteiger partial charge in [0.2, 0.25) is 0 Å². The Morgan fingerprint density at radius 2 is 1.84 bits per heavy atom. The minimum atomic E-state index is -0.244. The van der Waals surface area contributed by atoms with Crippen LogP contribution in [-0.4, -0.2) is 48.8 Å². The van der Waals surface area contributed by atoms with Crippen LogP contribution in [0.5, 0.6) is 5.75 Å². The van der Waals surface area contributed by atoms with Gasteiger partial charge in [0, 0.05) is 31.5 Å². The summed E-state index contributed by atoms with van der Waals surface area (Å²) in [6, 6.07) is 17.7. The number of likely N-dealkylation sites (tertiary alicyclic amines) is 1. The van der Waals surface area contributed by atoms with Crippen molar-refractivity contribution in [1.82, 2.24) is 4.90 Å². The number of hydrogen-bond donors (Lipinski definition) is 1. The van der Waals surface area contributed by atoms with Crippen molar-refractivity contribution in [2.75, 3.05) is 26.8 Å². The zero-order valence-corrected chi connectivity index (χ0v) is 18.3. The summed E-state index contributed by atoms with van der Waals surface area (Å²) in [4.78, 5) is 15.4.